The van der Waals surface area contributed by atoms with Gasteiger partial charge in [0.1, 0.15) is 6.04 Å². The molecule has 2 atom stereocenters. The summed E-state index contributed by atoms with van der Waals surface area (Å²) in [5, 5.41) is 2.85. The molecule has 2 amide bonds. The largest absolute Gasteiger partial charge is 0.354 e. The smallest absolute Gasteiger partial charge is 0.243 e. The highest BCUT2D eigenvalue weighted by atomic mass is 32.2. The predicted molar refractivity (Wildman–Crippen MR) is 67.4 cm³/mol. The summed E-state index contributed by atoms with van der Waals surface area (Å²) in [7, 11) is 0. The Bertz CT molecular complexity index is 337. The average molecular weight is 257 g/mol. The van der Waals surface area contributed by atoms with E-state index in [-0.39, 0.29) is 22.7 Å². The van der Waals surface area contributed by atoms with Crippen LogP contribution in [0.3, 0.4) is 0 Å². The van der Waals surface area contributed by atoms with Gasteiger partial charge >= 0.3 is 0 Å². The number of nitrogens with one attached hydrogen (secondary N) is 1. The molecule has 17 heavy (non-hydrogen) atoms. The summed E-state index contributed by atoms with van der Waals surface area (Å²) >= 11 is 1.71. The molecule has 5 nitrogen and oxygen atoms in total. The van der Waals surface area contributed by atoms with Crippen LogP contribution in [-0.2, 0) is 9.59 Å². The molecule has 0 aromatic rings. The molecule has 3 N–H and O–H groups in total. The van der Waals surface area contributed by atoms with Crippen LogP contribution in [0.15, 0.2) is 0 Å². The molecule has 2 rings (SSSR count). The third kappa shape index (κ3) is 2.28. The summed E-state index contributed by atoms with van der Waals surface area (Å²) in [6.45, 7) is 3.21. The summed E-state index contributed by atoms with van der Waals surface area (Å²) in [6, 6.07) is -0.294. The van der Waals surface area contributed by atoms with Crippen LogP contribution in [0.2, 0.25) is 0 Å². The van der Waals surface area contributed by atoms with Gasteiger partial charge in [0.25, 0.3) is 0 Å². The second-order valence-electron chi connectivity index (χ2n) is 4.70. The molecule has 2 heterocycles. The molecule has 2 saturated heterocycles. The lowest BCUT2D eigenvalue weighted by atomic mass is 10.2. The molecule has 96 valence electrons. The van der Waals surface area contributed by atoms with Gasteiger partial charge in [-0.1, -0.05) is 0 Å². The van der Waals surface area contributed by atoms with Crippen LogP contribution in [0, 0.1) is 0 Å². The fraction of sp³-hybridized carbons (Fsp3) is 0.818. The molecule has 0 bridgehead atoms. The minimum Gasteiger partial charge on any atom is -0.354 e. The van der Waals surface area contributed by atoms with E-state index in [9.17, 15) is 9.59 Å². The standard InChI is InChI=1S/C11H19N3O2S/c1-11-4-3-9(15)14(11)8(7-17-11)10(16)13-6-2-5-12/h8H,2-7,12H2,1H3,(H,13,16). The van der Waals surface area contributed by atoms with Crippen LogP contribution in [0.1, 0.15) is 26.2 Å². The first kappa shape index (κ1) is 12.7. The third-order valence-electron chi connectivity index (χ3n) is 3.43. The van der Waals surface area contributed by atoms with Crippen molar-refractivity contribution in [2.24, 2.45) is 5.73 Å². The maximum absolute atomic E-state index is 12.0. The number of hydrogen-bond acceptors (Lipinski definition) is 4. The zero-order valence-electron chi connectivity index (χ0n) is 10.1. The van der Waals surface area contributed by atoms with E-state index in [1.165, 1.54) is 0 Å². The number of carbonyl (C=O) groups excluding carboxylic acids is 2. The van der Waals surface area contributed by atoms with Crippen molar-refractivity contribution in [1.29, 1.82) is 0 Å². The second-order valence-corrected chi connectivity index (χ2v) is 6.20. The predicted octanol–water partition coefficient (Wildman–Crippen LogP) is -0.0946. The number of amides is 2. The van der Waals surface area contributed by atoms with E-state index in [4.69, 9.17) is 5.73 Å². The van der Waals surface area contributed by atoms with Gasteiger partial charge in [-0.2, -0.15) is 0 Å². The lowest BCUT2D eigenvalue weighted by molar-refractivity contribution is -0.137. The number of carbonyl (C=O) groups is 2. The highest BCUT2D eigenvalue weighted by molar-refractivity contribution is 8.01. The Balaban J connectivity index is 1.98. The zero-order chi connectivity index (χ0) is 12.5. The number of nitrogens with zero attached hydrogens (tertiary/aromatic N) is 1. The van der Waals surface area contributed by atoms with Crippen LogP contribution < -0.4 is 11.1 Å². The molecule has 0 aromatic heterocycles. The van der Waals surface area contributed by atoms with Crippen molar-refractivity contribution in [2.75, 3.05) is 18.8 Å². The molecule has 2 unspecified atom stereocenters. The number of rotatable bonds is 4. The van der Waals surface area contributed by atoms with Crippen molar-refractivity contribution >= 4 is 23.6 Å². The summed E-state index contributed by atoms with van der Waals surface area (Å²) in [5.41, 5.74) is 5.38. The lowest BCUT2D eigenvalue weighted by Crippen LogP contribution is -2.50. The highest BCUT2D eigenvalue weighted by Gasteiger charge is 2.52. The Kier molecular flexibility index (Phi) is 3.63. The zero-order valence-corrected chi connectivity index (χ0v) is 10.9. The maximum atomic E-state index is 12.0. The van der Waals surface area contributed by atoms with Crippen molar-refractivity contribution in [2.45, 2.75) is 37.1 Å². The molecule has 2 fully saturated rings. The summed E-state index contributed by atoms with van der Waals surface area (Å²) in [6.07, 6.45) is 2.19. The second kappa shape index (κ2) is 4.86. The lowest BCUT2D eigenvalue weighted by Gasteiger charge is -2.29. The molecule has 0 spiro atoms. The number of hydrogen-bond donors (Lipinski definition) is 2. The van der Waals surface area contributed by atoms with Crippen LogP contribution in [0.5, 0.6) is 0 Å². The van der Waals surface area contributed by atoms with E-state index in [0.29, 0.717) is 25.3 Å². The van der Waals surface area contributed by atoms with Crippen molar-refractivity contribution in [3.63, 3.8) is 0 Å². The summed E-state index contributed by atoms with van der Waals surface area (Å²) in [5.74, 6) is 0.776. The maximum Gasteiger partial charge on any atom is 0.243 e. The average Bonchev–Trinajstić information content (AvgIpc) is 2.77. The summed E-state index contributed by atoms with van der Waals surface area (Å²) in [4.78, 5) is 25.4. The molecule has 0 aromatic carbocycles. The fourth-order valence-corrected chi connectivity index (χ4v) is 3.88. The molecular formula is C11H19N3O2S. The van der Waals surface area contributed by atoms with E-state index in [0.717, 1.165) is 12.8 Å². The Morgan fingerprint density at radius 1 is 1.71 bits per heavy atom. The number of nitrogens with two attached hydrogens (primary N) is 1. The molecule has 2 aliphatic rings. The third-order valence-corrected chi connectivity index (χ3v) is 4.93. The normalized spacial score (nSPS) is 31.8. The van der Waals surface area contributed by atoms with Gasteiger partial charge in [0, 0.05) is 18.7 Å². The van der Waals surface area contributed by atoms with Crippen molar-refractivity contribution in [1.82, 2.24) is 10.2 Å². The topological polar surface area (TPSA) is 75.4 Å². The van der Waals surface area contributed by atoms with Gasteiger partial charge in [-0.15, -0.1) is 11.8 Å². The Morgan fingerprint density at radius 3 is 3.18 bits per heavy atom. The quantitative estimate of drug-likeness (QED) is 0.690. The number of thioether (sulfide) groups is 1. The van der Waals surface area contributed by atoms with Crippen molar-refractivity contribution in [3.8, 4) is 0 Å². The molecule has 0 radical (unpaired) electrons. The minimum absolute atomic E-state index is 0.0371. The highest BCUT2D eigenvalue weighted by Crippen LogP contribution is 2.47. The van der Waals surface area contributed by atoms with E-state index in [2.05, 4.69) is 12.2 Å². The van der Waals surface area contributed by atoms with Crippen LogP contribution >= 0.6 is 11.8 Å². The van der Waals surface area contributed by atoms with Gasteiger partial charge in [-0.05, 0) is 26.3 Å². The van der Waals surface area contributed by atoms with Crippen molar-refractivity contribution in [3.05, 3.63) is 0 Å². The van der Waals surface area contributed by atoms with E-state index < -0.39 is 0 Å². The molecule has 6 heteroatoms. The first-order valence-electron chi connectivity index (χ1n) is 6.02. The molecule has 0 saturated carbocycles. The van der Waals surface area contributed by atoms with Crippen molar-refractivity contribution < 1.29 is 9.59 Å². The first-order valence-corrected chi connectivity index (χ1v) is 7.01. The summed E-state index contributed by atoms with van der Waals surface area (Å²) < 4.78 is 0. The Labute approximate surface area is 105 Å². The van der Waals surface area contributed by atoms with Gasteiger partial charge in [-0.25, -0.2) is 0 Å². The Hall–Kier alpha value is -0.750. The number of fused-ring (bicyclic) bond motifs is 1. The van der Waals surface area contributed by atoms with Crippen LogP contribution in [0.4, 0.5) is 0 Å². The van der Waals surface area contributed by atoms with Crippen LogP contribution in [-0.4, -0.2) is 46.5 Å². The molecular weight excluding hydrogens is 238 g/mol. The SMILES string of the molecule is CC12CCC(=O)N1C(C(=O)NCCCN)CS2. The molecule has 2 aliphatic heterocycles. The van der Waals surface area contributed by atoms with Crippen LogP contribution in [0.25, 0.3) is 0 Å². The van der Waals surface area contributed by atoms with Gasteiger partial charge in [-0.3, -0.25) is 9.59 Å². The molecule has 0 aliphatic carbocycles. The van der Waals surface area contributed by atoms with Gasteiger partial charge in [0.2, 0.25) is 11.8 Å². The monoisotopic (exact) mass is 257 g/mol. The van der Waals surface area contributed by atoms with Gasteiger partial charge in [0.15, 0.2) is 0 Å². The fourth-order valence-electron chi connectivity index (χ4n) is 2.45. The Morgan fingerprint density at radius 2 is 2.47 bits per heavy atom. The van der Waals surface area contributed by atoms with E-state index in [1.54, 1.807) is 16.7 Å². The van der Waals surface area contributed by atoms with E-state index in [1.807, 2.05) is 0 Å². The minimum atomic E-state index is -0.294. The van der Waals surface area contributed by atoms with Gasteiger partial charge < -0.3 is 16.0 Å². The first-order chi connectivity index (χ1) is 8.08. The van der Waals surface area contributed by atoms with Gasteiger partial charge in [0.05, 0.1) is 4.87 Å². The van der Waals surface area contributed by atoms with E-state index >= 15 is 0 Å².